The van der Waals surface area contributed by atoms with E-state index < -0.39 is 0 Å². The third kappa shape index (κ3) is 8.51. The molecule has 4 aromatic rings. The quantitative estimate of drug-likeness (QED) is 0.0984. The smallest absolute Gasteiger partial charge is 0.145 e. The van der Waals surface area contributed by atoms with E-state index in [1.165, 1.54) is 16.7 Å². The average Bonchev–Trinajstić information content (AvgIpc) is 3.11. The van der Waals surface area contributed by atoms with Gasteiger partial charge in [0.2, 0.25) is 0 Å². The summed E-state index contributed by atoms with van der Waals surface area (Å²) >= 11 is 4.85. The van der Waals surface area contributed by atoms with E-state index in [9.17, 15) is 0 Å². The second kappa shape index (κ2) is 15.4. The van der Waals surface area contributed by atoms with Crippen molar-refractivity contribution in [2.75, 3.05) is 6.54 Å². The van der Waals surface area contributed by atoms with Gasteiger partial charge < -0.3 is 16.0 Å². The van der Waals surface area contributed by atoms with Crippen molar-refractivity contribution >= 4 is 24.0 Å². The average molecular weight is 633 g/mol. The summed E-state index contributed by atoms with van der Waals surface area (Å²) in [6.45, 7) is 7.00. The lowest BCUT2D eigenvalue weighted by Crippen LogP contribution is -2.25. The van der Waals surface area contributed by atoms with Crippen LogP contribution in [0.4, 0.5) is 0 Å². The summed E-state index contributed by atoms with van der Waals surface area (Å²) in [7, 11) is 0. The van der Waals surface area contributed by atoms with Crippen LogP contribution in [-0.4, -0.2) is 12.3 Å². The number of nitrogens with one attached hydrogen (secondary N) is 3. The van der Waals surface area contributed by atoms with E-state index >= 15 is 0 Å². The van der Waals surface area contributed by atoms with E-state index in [0.29, 0.717) is 0 Å². The van der Waals surface area contributed by atoms with Crippen LogP contribution in [0.2, 0.25) is 0 Å². The molecule has 2 heterocycles. The molecule has 0 saturated heterocycles. The van der Waals surface area contributed by atoms with Crippen LogP contribution in [0.5, 0.6) is 0 Å². The molecule has 3 N–H and O–H groups in total. The van der Waals surface area contributed by atoms with Crippen molar-refractivity contribution in [3.63, 3.8) is 0 Å². The van der Waals surface area contributed by atoms with Crippen molar-refractivity contribution in [1.29, 1.82) is 0 Å². The topological polar surface area (TPSA) is 48.5 Å². The molecule has 2 aliphatic rings. The van der Waals surface area contributed by atoms with Crippen molar-refractivity contribution in [2.45, 2.75) is 30.4 Å². The zero-order chi connectivity index (χ0) is 32.4. The number of dihydropyridines is 1. The van der Waals surface area contributed by atoms with E-state index in [2.05, 4.69) is 156 Å². The van der Waals surface area contributed by atoms with Crippen molar-refractivity contribution in [3.05, 3.63) is 192 Å². The van der Waals surface area contributed by atoms with E-state index in [1.807, 2.05) is 25.3 Å². The molecule has 2 unspecified atom stereocenters. The van der Waals surface area contributed by atoms with Gasteiger partial charge in [-0.05, 0) is 71.0 Å². The van der Waals surface area contributed by atoms with E-state index in [0.717, 1.165) is 57.2 Å². The molecule has 234 valence electrons. The van der Waals surface area contributed by atoms with Gasteiger partial charge >= 0.3 is 0 Å². The standard InChI is InChI=1S/C42H40N4S/c1-30(2)44-39(19-11-3-6-13-31-14-12-24-43-29-31)36-25-37(27-38(47)26-36)41-28-40(45-42(46-41)35-17-9-5-10-18-35)34-22-20-33(21-23-34)32-15-7-4-8-16-32/h4-23,25-29,39,42-45,47H,1,3,24H2,2H3/b13-6-,19-11-. The lowest BCUT2D eigenvalue weighted by atomic mass is 9.97. The van der Waals surface area contributed by atoms with E-state index in [4.69, 9.17) is 17.6 Å². The van der Waals surface area contributed by atoms with Crippen LogP contribution in [0.1, 0.15) is 47.8 Å². The first kappa shape index (κ1) is 31.7. The number of hydrogen-bond donors (Lipinski definition) is 4. The lowest BCUT2D eigenvalue weighted by molar-refractivity contribution is 0.664. The molecule has 0 radical (unpaired) electrons. The first-order valence-corrected chi connectivity index (χ1v) is 16.4. The van der Waals surface area contributed by atoms with Crippen LogP contribution in [0.3, 0.4) is 0 Å². The van der Waals surface area contributed by atoms with E-state index in [-0.39, 0.29) is 12.2 Å². The monoisotopic (exact) mass is 632 g/mol. The molecule has 0 fully saturated rings. The molecule has 6 rings (SSSR count). The fraction of sp³-hybridized carbons (Fsp3) is 0.119. The molecule has 2 atom stereocenters. The second-order valence-electron chi connectivity index (χ2n) is 11.7. The van der Waals surface area contributed by atoms with Crippen LogP contribution >= 0.6 is 12.6 Å². The highest BCUT2D eigenvalue weighted by atomic mass is 32.1. The molecular formula is C42H40N4S. The minimum absolute atomic E-state index is 0.0663. The zero-order valence-corrected chi connectivity index (χ0v) is 27.5. The molecule has 4 aromatic carbocycles. The van der Waals surface area contributed by atoms with Crippen LogP contribution in [0, 0.1) is 0 Å². The van der Waals surface area contributed by atoms with Gasteiger partial charge in [-0.2, -0.15) is 0 Å². The Morgan fingerprint density at radius 2 is 1.64 bits per heavy atom. The highest BCUT2D eigenvalue weighted by Crippen LogP contribution is 2.30. The summed E-state index contributed by atoms with van der Waals surface area (Å²) in [5.41, 5.74) is 10.7. The van der Waals surface area contributed by atoms with Crippen molar-refractivity contribution in [2.24, 2.45) is 4.99 Å². The summed E-state index contributed by atoms with van der Waals surface area (Å²) in [5, 5.41) is 10.5. The van der Waals surface area contributed by atoms with Gasteiger partial charge in [0.25, 0.3) is 0 Å². The molecule has 0 spiro atoms. The van der Waals surface area contributed by atoms with E-state index in [1.54, 1.807) is 0 Å². The number of benzene rings is 4. The van der Waals surface area contributed by atoms with Crippen molar-refractivity contribution in [3.8, 4) is 11.1 Å². The molecule has 0 bridgehead atoms. The zero-order valence-electron chi connectivity index (χ0n) is 26.6. The molecular weight excluding hydrogens is 593 g/mol. The van der Waals surface area contributed by atoms with Crippen LogP contribution in [0.25, 0.3) is 16.8 Å². The van der Waals surface area contributed by atoms with Gasteiger partial charge in [0.05, 0.1) is 11.8 Å². The Balaban J connectivity index is 1.31. The highest BCUT2D eigenvalue weighted by molar-refractivity contribution is 7.80. The fourth-order valence-corrected chi connectivity index (χ4v) is 5.97. The maximum absolute atomic E-state index is 5.21. The van der Waals surface area contributed by atoms with Gasteiger partial charge in [0.1, 0.15) is 6.17 Å². The maximum atomic E-state index is 5.21. The van der Waals surface area contributed by atoms with Gasteiger partial charge in [-0.25, -0.2) is 0 Å². The summed E-state index contributed by atoms with van der Waals surface area (Å²) in [6.07, 6.45) is 17.7. The molecule has 0 aromatic heterocycles. The Labute approximate surface area is 284 Å². The first-order chi connectivity index (χ1) is 23.0. The lowest BCUT2D eigenvalue weighted by Gasteiger charge is -2.25. The molecule has 2 aliphatic heterocycles. The summed E-state index contributed by atoms with van der Waals surface area (Å²) in [4.78, 5) is 6.09. The Bertz CT molecular complexity index is 1880. The van der Waals surface area contributed by atoms with Gasteiger partial charge in [-0.3, -0.25) is 4.99 Å². The van der Waals surface area contributed by atoms with Gasteiger partial charge in [0, 0.05) is 34.6 Å². The SMILES string of the molecule is C=C(C)NC(/C=C\C/C=C\C1=CNCC=C1)c1cc(S)cc(C2=NC(c3ccccc3)NC(c3ccc(-c4ccccc4)cc3)=C2)c1. The largest absolute Gasteiger partial charge is 0.387 e. The molecule has 5 heteroatoms. The first-order valence-electron chi connectivity index (χ1n) is 16.0. The molecule has 0 aliphatic carbocycles. The Morgan fingerprint density at radius 1 is 0.915 bits per heavy atom. The predicted octanol–water partition coefficient (Wildman–Crippen LogP) is 9.48. The maximum Gasteiger partial charge on any atom is 0.145 e. The number of thiol groups is 1. The van der Waals surface area contributed by atoms with Gasteiger partial charge in [-0.15, -0.1) is 12.6 Å². The van der Waals surface area contributed by atoms with Crippen LogP contribution in [0.15, 0.2) is 180 Å². The molecule has 4 nitrogen and oxygen atoms in total. The van der Waals surface area contributed by atoms with Crippen molar-refractivity contribution < 1.29 is 0 Å². The number of aliphatic imine (C=N–C) groups is 1. The summed E-state index contributed by atoms with van der Waals surface area (Å²) in [5.74, 6) is 0. The van der Waals surface area contributed by atoms with Crippen LogP contribution < -0.4 is 16.0 Å². The van der Waals surface area contributed by atoms with Gasteiger partial charge in [-0.1, -0.05) is 128 Å². The van der Waals surface area contributed by atoms with Gasteiger partial charge in [0.15, 0.2) is 0 Å². The molecule has 0 saturated carbocycles. The molecule has 47 heavy (non-hydrogen) atoms. The van der Waals surface area contributed by atoms with Crippen LogP contribution in [-0.2, 0) is 0 Å². The number of rotatable bonds is 11. The number of hydrogen-bond acceptors (Lipinski definition) is 5. The molecule has 0 amide bonds. The Hall–Kier alpha value is -5.26. The fourth-order valence-electron chi connectivity index (χ4n) is 5.68. The third-order valence-corrected chi connectivity index (χ3v) is 8.24. The van der Waals surface area contributed by atoms with Crippen molar-refractivity contribution in [1.82, 2.24) is 16.0 Å². The normalized spacial score (nSPS) is 16.6. The summed E-state index contributed by atoms with van der Waals surface area (Å²) < 4.78 is 0. The minimum Gasteiger partial charge on any atom is -0.387 e. The second-order valence-corrected chi connectivity index (χ2v) is 12.2. The minimum atomic E-state index is -0.229. The Kier molecular flexibility index (Phi) is 10.4. The summed E-state index contributed by atoms with van der Waals surface area (Å²) in [6, 6.07) is 35.9. The number of allylic oxidation sites excluding steroid dienone is 7. The highest BCUT2D eigenvalue weighted by Gasteiger charge is 2.21. The number of nitrogens with zero attached hydrogens (tertiary/aromatic N) is 1. The third-order valence-electron chi connectivity index (χ3n) is 7.98. The predicted molar refractivity (Wildman–Crippen MR) is 201 cm³/mol. The Morgan fingerprint density at radius 3 is 2.36 bits per heavy atom.